The Balaban J connectivity index is 1.30. The number of anilines is 2. The zero-order chi connectivity index (χ0) is 35.5. The maximum atomic E-state index is 13.6. The Labute approximate surface area is 295 Å². The molecule has 0 aliphatic carbocycles. The lowest BCUT2D eigenvalue weighted by Gasteiger charge is -2.13. The lowest BCUT2D eigenvalue weighted by molar-refractivity contribution is 0.101. The summed E-state index contributed by atoms with van der Waals surface area (Å²) < 4.78 is 1.35. The van der Waals surface area contributed by atoms with Gasteiger partial charge in [0, 0.05) is 27.9 Å². The molecule has 3 N–H and O–H groups in total. The first-order valence-corrected chi connectivity index (χ1v) is 16.4. The van der Waals surface area contributed by atoms with E-state index < -0.39 is 11.7 Å². The molecule has 0 aliphatic heterocycles. The zero-order valence-electron chi connectivity index (χ0n) is 27.2. The minimum absolute atomic E-state index is 0.0435. The normalized spacial score (nSPS) is 11.1. The largest absolute Gasteiger partial charge is 0.505 e. The first kappa shape index (κ1) is 32.5. The van der Waals surface area contributed by atoms with E-state index in [0.29, 0.717) is 37.8 Å². The predicted molar refractivity (Wildman–Crippen MR) is 197 cm³/mol. The first-order valence-electron chi connectivity index (χ1n) is 15.6. The summed E-state index contributed by atoms with van der Waals surface area (Å²) in [5.74, 6) is -1.35. The summed E-state index contributed by atoms with van der Waals surface area (Å²) in [6.45, 7) is 11.6. The number of phenols is 1. The maximum Gasteiger partial charge on any atom is 0.259 e. The molecule has 0 aliphatic rings. The van der Waals surface area contributed by atoms with Gasteiger partial charge in [0.1, 0.15) is 10.7 Å². The molecule has 0 saturated carbocycles. The summed E-state index contributed by atoms with van der Waals surface area (Å²) in [7, 11) is 0. The molecule has 0 fully saturated rings. The smallest absolute Gasteiger partial charge is 0.259 e. The third-order valence-corrected chi connectivity index (χ3v) is 8.87. The number of hydrogen-bond acceptors (Lipinski definition) is 9. The van der Waals surface area contributed by atoms with Gasteiger partial charge in [0.2, 0.25) is 5.13 Å². The summed E-state index contributed by atoms with van der Waals surface area (Å²) in [6.07, 6.45) is 1.34. The molecule has 248 valence electrons. The van der Waals surface area contributed by atoms with E-state index in [1.165, 1.54) is 28.3 Å². The molecule has 2 aromatic heterocycles. The number of hydrogen-bond donors (Lipinski definition) is 3. The van der Waals surface area contributed by atoms with Gasteiger partial charge in [0.05, 0.1) is 18.3 Å². The molecule has 12 nitrogen and oxygen atoms in total. The van der Waals surface area contributed by atoms with Gasteiger partial charge in [-0.05, 0) is 61.7 Å². The molecule has 5 aromatic carbocycles. The summed E-state index contributed by atoms with van der Waals surface area (Å²) in [5, 5.41) is 40.7. The standard InChI is InChI=1S/C38H27N9O3S/c1-22-9-14-27(15-10-22)41-35(49)25-13-18-29-26(19-25)20-30(36(50)42-28-16-11-23(2)12-17-28)33(48)32(29)43-44-34-31(39-3)21-40-47(34)38-46-45-37(51-38)24-7-5-4-6-8-24/h4-21,48H,1-2H3,(H,41,49)(H,42,50). The number of amides is 2. The van der Waals surface area contributed by atoms with E-state index in [1.807, 2.05) is 80.6 Å². The number of rotatable bonds is 8. The minimum Gasteiger partial charge on any atom is -0.505 e. The number of carbonyl (C=O) groups excluding carboxylic acids is 2. The highest BCUT2D eigenvalue weighted by atomic mass is 32.1. The topological polar surface area (TPSA) is 151 Å². The van der Waals surface area contributed by atoms with Crippen molar-refractivity contribution in [2.24, 2.45) is 10.2 Å². The first-order chi connectivity index (χ1) is 24.8. The van der Waals surface area contributed by atoms with Crippen LogP contribution in [0.5, 0.6) is 5.75 Å². The van der Waals surface area contributed by atoms with Crippen LogP contribution in [0.3, 0.4) is 0 Å². The van der Waals surface area contributed by atoms with Gasteiger partial charge in [-0.2, -0.15) is 9.78 Å². The van der Waals surface area contributed by atoms with E-state index >= 15 is 0 Å². The lowest BCUT2D eigenvalue weighted by Crippen LogP contribution is -2.13. The van der Waals surface area contributed by atoms with Gasteiger partial charge in [0.25, 0.3) is 17.5 Å². The number of nitrogens with one attached hydrogen (secondary N) is 2. The molecule has 0 radical (unpaired) electrons. The Morgan fingerprint density at radius 3 is 2.16 bits per heavy atom. The number of benzene rings is 5. The van der Waals surface area contributed by atoms with Crippen LogP contribution < -0.4 is 10.6 Å². The average Bonchev–Trinajstić information content (AvgIpc) is 3.80. The van der Waals surface area contributed by atoms with E-state index in [-0.39, 0.29) is 28.7 Å². The minimum atomic E-state index is -0.599. The molecule has 2 heterocycles. The van der Waals surface area contributed by atoms with Crippen molar-refractivity contribution in [3.8, 4) is 21.5 Å². The van der Waals surface area contributed by atoms with Crippen LogP contribution in [0.25, 0.3) is 31.3 Å². The Kier molecular flexibility index (Phi) is 8.81. The SMILES string of the molecule is [C-]#[N+]c1cnn(-c2nnc(-c3ccccc3)s2)c1N=Nc1c(O)c(C(=O)Nc2ccc(C)cc2)cc2cc(C(=O)Nc3ccc(C)cc3)ccc12. The Morgan fingerprint density at radius 2 is 1.49 bits per heavy atom. The second-order valence-electron chi connectivity index (χ2n) is 11.5. The second-order valence-corrected chi connectivity index (χ2v) is 12.5. The van der Waals surface area contributed by atoms with Crippen molar-refractivity contribution in [3.05, 3.63) is 143 Å². The number of phenolic OH excluding ortho intramolecular Hbond substituents is 1. The monoisotopic (exact) mass is 689 g/mol. The molecule has 2 amide bonds. The fourth-order valence-electron chi connectivity index (χ4n) is 5.21. The van der Waals surface area contributed by atoms with Crippen molar-refractivity contribution >= 4 is 62.5 Å². The van der Waals surface area contributed by atoms with Crippen LogP contribution in [0, 0.1) is 20.4 Å². The predicted octanol–water partition coefficient (Wildman–Crippen LogP) is 9.34. The molecule has 0 saturated heterocycles. The highest BCUT2D eigenvalue weighted by molar-refractivity contribution is 7.17. The molecular weight excluding hydrogens is 663 g/mol. The molecular formula is C38H27N9O3S. The second kappa shape index (κ2) is 13.8. The van der Waals surface area contributed by atoms with Crippen LogP contribution in [-0.2, 0) is 0 Å². The number of carbonyl (C=O) groups is 2. The van der Waals surface area contributed by atoms with Crippen LogP contribution >= 0.6 is 11.3 Å². The van der Waals surface area contributed by atoms with E-state index in [0.717, 1.165) is 16.7 Å². The zero-order valence-corrected chi connectivity index (χ0v) is 28.0. The van der Waals surface area contributed by atoms with Crippen LogP contribution in [0.15, 0.2) is 120 Å². The van der Waals surface area contributed by atoms with Crippen LogP contribution in [0.1, 0.15) is 31.8 Å². The number of aromatic hydroxyl groups is 1. The van der Waals surface area contributed by atoms with Crippen molar-refractivity contribution in [3.63, 3.8) is 0 Å². The highest BCUT2D eigenvalue weighted by Crippen LogP contribution is 2.42. The molecule has 13 heteroatoms. The summed E-state index contributed by atoms with van der Waals surface area (Å²) >= 11 is 1.25. The average molecular weight is 690 g/mol. The molecule has 0 spiro atoms. The van der Waals surface area contributed by atoms with Gasteiger partial charge in [-0.25, -0.2) is 4.85 Å². The fraction of sp³-hybridized carbons (Fsp3) is 0.0526. The summed E-state index contributed by atoms with van der Waals surface area (Å²) in [5.41, 5.74) is 4.36. The van der Waals surface area contributed by atoms with E-state index in [9.17, 15) is 14.7 Å². The number of aromatic nitrogens is 4. The van der Waals surface area contributed by atoms with Gasteiger partial charge >= 0.3 is 0 Å². The van der Waals surface area contributed by atoms with Gasteiger partial charge in [-0.3, -0.25) is 9.59 Å². The number of aryl methyl sites for hydroxylation is 2. The lowest BCUT2D eigenvalue weighted by atomic mass is 10.00. The quantitative estimate of drug-likeness (QED) is 0.107. The summed E-state index contributed by atoms with van der Waals surface area (Å²) in [6, 6.07) is 30.5. The fourth-order valence-corrected chi connectivity index (χ4v) is 6.02. The van der Waals surface area contributed by atoms with E-state index in [2.05, 4.69) is 41.0 Å². The summed E-state index contributed by atoms with van der Waals surface area (Å²) in [4.78, 5) is 30.4. The number of fused-ring (bicyclic) bond motifs is 1. The molecule has 0 bridgehead atoms. The van der Waals surface area contributed by atoms with Crippen LogP contribution in [0.2, 0.25) is 0 Å². The number of nitrogens with zero attached hydrogens (tertiary/aromatic N) is 7. The van der Waals surface area contributed by atoms with Gasteiger partial charge in [-0.1, -0.05) is 83.1 Å². The highest BCUT2D eigenvalue weighted by Gasteiger charge is 2.22. The van der Waals surface area contributed by atoms with Crippen molar-refractivity contribution in [2.45, 2.75) is 13.8 Å². The van der Waals surface area contributed by atoms with Crippen LogP contribution in [-0.4, -0.2) is 36.9 Å². The van der Waals surface area contributed by atoms with Gasteiger partial charge in [0.15, 0.2) is 11.6 Å². The van der Waals surface area contributed by atoms with Crippen molar-refractivity contribution < 1.29 is 14.7 Å². The number of azo groups is 1. The van der Waals surface area contributed by atoms with Gasteiger partial charge in [-0.15, -0.1) is 20.4 Å². The van der Waals surface area contributed by atoms with Crippen molar-refractivity contribution in [2.75, 3.05) is 10.6 Å². The van der Waals surface area contributed by atoms with E-state index in [4.69, 9.17) is 6.57 Å². The molecule has 51 heavy (non-hydrogen) atoms. The van der Waals surface area contributed by atoms with Gasteiger partial charge < -0.3 is 15.7 Å². The molecule has 7 rings (SSSR count). The third-order valence-electron chi connectivity index (χ3n) is 7.92. The molecule has 0 atom stereocenters. The maximum absolute atomic E-state index is 13.6. The molecule has 7 aromatic rings. The van der Waals surface area contributed by atoms with Crippen LogP contribution in [0.4, 0.5) is 28.6 Å². The van der Waals surface area contributed by atoms with Crippen molar-refractivity contribution in [1.82, 2.24) is 20.0 Å². The Hall–Kier alpha value is -7.04. The van der Waals surface area contributed by atoms with E-state index in [1.54, 1.807) is 30.3 Å². The third kappa shape index (κ3) is 6.80. The van der Waals surface area contributed by atoms with Crippen molar-refractivity contribution in [1.29, 1.82) is 0 Å². The Bertz CT molecular complexity index is 2500. The molecule has 0 unspecified atom stereocenters. The Morgan fingerprint density at radius 1 is 0.824 bits per heavy atom.